The topological polar surface area (TPSA) is 15.3 Å². The summed E-state index contributed by atoms with van der Waals surface area (Å²) in [6.45, 7) is 7.74. The van der Waals surface area contributed by atoms with Crippen LogP contribution in [-0.4, -0.2) is 19.6 Å². The van der Waals surface area contributed by atoms with E-state index in [9.17, 15) is 0 Å². The highest BCUT2D eigenvalue weighted by Crippen LogP contribution is 2.25. The zero-order valence-corrected chi connectivity index (χ0v) is 10.4. The van der Waals surface area contributed by atoms with Crippen LogP contribution in [0.5, 0.6) is 0 Å². The molecule has 1 aromatic rings. The van der Waals surface area contributed by atoms with Gasteiger partial charge in [-0.25, -0.2) is 0 Å². The maximum Gasteiger partial charge on any atom is 0.0366 e. The molecule has 0 spiro atoms. The Labute approximate surface area is 98.7 Å². The molecule has 0 amide bonds. The van der Waals surface area contributed by atoms with Crippen LogP contribution in [0.15, 0.2) is 24.3 Å². The Kier molecular flexibility index (Phi) is 3.83. The second-order valence-corrected chi connectivity index (χ2v) is 4.41. The van der Waals surface area contributed by atoms with Gasteiger partial charge in [0.05, 0.1) is 0 Å². The number of benzene rings is 1. The summed E-state index contributed by atoms with van der Waals surface area (Å²) in [5.74, 6) is 0. The fourth-order valence-electron chi connectivity index (χ4n) is 2.48. The molecule has 0 aliphatic carbocycles. The van der Waals surface area contributed by atoms with Crippen LogP contribution >= 0.6 is 0 Å². The predicted molar refractivity (Wildman–Crippen MR) is 70.0 cm³/mol. The largest absolute Gasteiger partial charge is 0.372 e. The molecule has 0 bridgehead atoms. The van der Waals surface area contributed by atoms with Crippen LogP contribution in [0.1, 0.15) is 38.3 Å². The van der Waals surface area contributed by atoms with Gasteiger partial charge in [-0.15, -0.1) is 0 Å². The van der Waals surface area contributed by atoms with E-state index in [1.165, 1.54) is 30.6 Å². The normalized spacial score (nSPS) is 20.0. The highest BCUT2D eigenvalue weighted by atomic mass is 15.1. The predicted octanol–water partition coefficient (Wildman–Crippen LogP) is 2.96. The third kappa shape index (κ3) is 2.38. The second-order valence-electron chi connectivity index (χ2n) is 4.41. The molecule has 0 aromatic heterocycles. The Bertz CT molecular complexity index is 287. The molecule has 1 aliphatic rings. The molecule has 1 fully saturated rings. The van der Waals surface area contributed by atoms with Crippen LogP contribution in [0, 0.1) is 0 Å². The SMILES string of the molecule is CCN(CC)c1ccc(C2CCCN2)cc1. The first-order chi connectivity index (χ1) is 7.85. The first-order valence-corrected chi connectivity index (χ1v) is 6.43. The number of nitrogens with zero attached hydrogens (tertiary/aromatic N) is 1. The van der Waals surface area contributed by atoms with E-state index >= 15 is 0 Å². The van der Waals surface area contributed by atoms with E-state index in [2.05, 4.69) is 48.3 Å². The van der Waals surface area contributed by atoms with Crippen LogP contribution in [0.4, 0.5) is 5.69 Å². The van der Waals surface area contributed by atoms with Crippen molar-refractivity contribution < 1.29 is 0 Å². The van der Waals surface area contributed by atoms with E-state index < -0.39 is 0 Å². The summed E-state index contributed by atoms with van der Waals surface area (Å²) in [6, 6.07) is 9.64. The molecule has 1 unspecified atom stereocenters. The van der Waals surface area contributed by atoms with Gasteiger partial charge in [0.2, 0.25) is 0 Å². The van der Waals surface area contributed by atoms with Crippen LogP contribution in [-0.2, 0) is 0 Å². The average Bonchev–Trinajstić information content (AvgIpc) is 2.85. The third-order valence-electron chi connectivity index (χ3n) is 3.48. The van der Waals surface area contributed by atoms with Crippen molar-refractivity contribution in [3.63, 3.8) is 0 Å². The molecule has 2 nitrogen and oxygen atoms in total. The van der Waals surface area contributed by atoms with Gasteiger partial charge in [-0.1, -0.05) is 12.1 Å². The van der Waals surface area contributed by atoms with Crippen molar-refractivity contribution in [2.75, 3.05) is 24.5 Å². The zero-order valence-electron chi connectivity index (χ0n) is 10.4. The van der Waals surface area contributed by atoms with Crippen molar-refractivity contribution in [1.82, 2.24) is 5.32 Å². The first-order valence-electron chi connectivity index (χ1n) is 6.43. The molecule has 0 saturated carbocycles. The molecule has 1 aromatic carbocycles. The fraction of sp³-hybridized carbons (Fsp3) is 0.571. The fourth-order valence-corrected chi connectivity index (χ4v) is 2.48. The van der Waals surface area contributed by atoms with Crippen molar-refractivity contribution >= 4 is 5.69 Å². The lowest BCUT2D eigenvalue weighted by Crippen LogP contribution is -2.21. The summed E-state index contributed by atoms with van der Waals surface area (Å²) in [5, 5.41) is 3.54. The van der Waals surface area contributed by atoms with Crippen LogP contribution < -0.4 is 10.2 Å². The lowest BCUT2D eigenvalue weighted by atomic mass is 10.0. The Morgan fingerprint density at radius 1 is 1.19 bits per heavy atom. The molecular formula is C14H22N2. The number of anilines is 1. The van der Waals surface area contributed by atoms with Gasteiger partial charge >= 0.3 is 0 Å². The van der Waals surface area contributed by atoms with Gasteiger partial charge in [0, 0.05) is 24.8 Å². The molecule has 1 N–H and O–H groups in total. The molecule has 1 aliphatic heterocycles. The second kappa shape index (κ2) is 5.35. The molecule has 16 heavy (non-hydrogen) atoms. The molecule has 2 heteroatoms. The van der Waals surface area contributed by atoms with Gasteiger partial charge in [0.15, 0.2) is 0 Å². The van der Waals surface area contributed by atoms with Gasteiger partial charge in [0.25, 0.3) is 0 Å². The molecule has 88 valence electrons. The minimum Gasteiger partial charge on any atom is -0.372 e. The van der Waals surface area contributed by atoms with Crippen molar-refractivity contribution in [2.45, 2.75) is 32.7 Å². The lowest BCUT2D eigenvalue weighted by molar-refractivity contribution is 0.647. The average molecular weight is 218 g/mol. The number of hydrogen-bond donors (Lipinski definition) is 1. The Balaban J connectivity index is 2.09. The Morgan fingerprint density at radius 3 is 2.38 bits per heavy atom. The van der Waals surface area contributed by atoms with Gasteiger partial charge in [-0.3, -0.25) is 0 Å². The van der Waals surface area contributed by atoms with E-state index in [-0.39, 0.29) is 0 Å². The molecular weight excluding hydrogens is 196 g/mol. The summed E-state index contributed by atoms with van der Waals surface area (Å²) in [5.41, 5.74) is 2.78. The van der Waals surface area contributed by atoms with Crippen molar-refractivity contribution in [2.24, 2.45) is 0 Å². The van der Waals surface area contributed by atoms with Gasteiger partial charge < -0.3 is 10.2 Å². The first kappa shape index (κ1) is 11.5. The molecule has 1 heterocycles. The van der Waals surface area contributed by atoms with Crippen molar-refractivity contribution in [3.05, 3.63) is 29.8 Å². The van der Waals surface area contributed by atoms with E-state index in [1.807, 2.05) is 0 Å². The van der Waals surface area contributed by atoms with Crippen molar-refractivity contribution in [3.8, 4) is 0 Å². The standard InChI is InChI=1S/C14H22N2/c1-3-16(4-2)13-9-7-12(8-10-13)14-6-5-11-15-14/h7-10,14-15H,3-6,11H2,1-2H3. The third-order valence-corrected chi connectivity index (χ3v) is 3.48. The minimum absolute atomic E-state index is 0.589. The zero-order chi connectivity index (χ0) is 11.4. The Hall–Kier alpha value is -1.02. The number of rotatable bonds is 4. The smallest absolute Gasteiger partial charge is 0.0366 e. The van der Waals surface area contributed by atoms with E-state index in [1.54, 1.807) is 0 Å². The van der Waals surface area contributed by atoms with E-state index in [4.69, 9.17) is 0 Å². The van der Waals surface area contributed by atoms with Gasteiger partial charge in [-0.2, -0.15) is 0 Å². The summed E-state index contributed by atoms with van der Waals surface area (Å²) in [4.78, 5) is 2.38. The van der Waals surface area contributed by atoms with Gasteiger partial charge in [0.1, 0.15) is 0 Å². The minimum atomic E-state index is 0.589. The molecule has 2 rings (SSSR count). The summed E-state index contributed by atoms with van der Waals surface area (Å²) >= 11 is 0. The molecule has 1 saturated heterocycles. The van der Waals surface area contributed by atoms with Gasteiger partial charge in [-0.05, 0) is 50.9 Å². The highest BCUT2D eigenvalue weighted by Gasteiger charge is 2.15. The highest BCUT2D eigenvalue weighted by molar-refractivity contribution is 5.47. The lowest BCUT2D eigenvalue weighted by Gasteiger charge is -2.21. The van der Waals surface area contributed by atoms with Crippen molar-refractivity contribution in [1.29, 1.82) is 0 Å². The maximum absolute atomic E-state index is 3.54. The molecule has 1 atom stereocenters. The van der Waals surface area contributed by atoms with Crippen LogP contribution in [0.2, 0.25) is 0 Å². The van der Waals surface area contributed by atoms with E-state index in [0.717, 1.165) is 13.1 Å². The Morgan fingerprint density at radius 2 is 1.88 bits per heavy atom. The van der Waals surface area contributed by atoms with E-state index in [0.29, 0.717) is 6.04 Å². The summed E-state index contributed by atoms with van der Waals surface area (Å²) in [6.07, 6.45) is 2.59. The number of hydrogen-bond acceptors (Lipinski definition) is 2. The molecule has 0 radical (unpaired) electrons. The maximum atomic E-state index is 3.54. The van der Waals surface area contributed by atoms with Crippen LogP contribution in [0.3, 0.4) is 0 Å². The monoisotopic (exact) mass is 218 g/mol. The summed E-state index contributed by atoms with van der Waals surface area (Å²) in [7, 11) is 0. The summed E-state index contributed by atoms with van der Waals surface area (Å²) < 4.78 is 0. The number of nitrogens with one attached hydrogen (secondary N) is 1. The van der Waals surface area contributed by atoms with Crippen LogP contribution in [0.25, 0.3) is 0 Å². The quantitative estimate of drug-likeness (QED) is 0.836.